The summed E-state index contributed by atoms with van der Waals surface area (Å²) in [5, 5.41) is 12.3. The average molecular weight is 304 g/mol. The highest BCUT2D eigenvalue weighted by Crippen LogP contribution is 2.23. The van der Waals surface area contributed by atoms with Crippen LogP contribution in [0.5, 0.6) is 0 Å². The number of tetrazole rings is 1. The van der Waals surface area contributed by atoms with Gasteiger partial charge < -0.3 is 9.32 Å². The van der Waals surface area contributed by atoms with Crippen molar-refractivity contribution in [2.45, 2.75) is 32.9 Å². The molecule has 0 aromatic carbocycles. The Morgan fingerprint density at radius 2 is 2.05 bits per heavy atom. The van der Waals surface area contributed by atoms with Crippen LogP contribution >= 0.6 is 0 Å². The lowest BCUT2D eigenvalue weighted by Gasteiger charge is -2.38. The zero-order valence-electron chi connectivity index (χ0n) is 13.4. The van der Waals surface area contributed by atoms with Crippen molar-refractivity contribution in [1.82, 2.24) is 30.0 Å². The molecule has 0 aliphatic carbocycles. The number of furan rings is 1. The maximum absolute atomic E-state index is 5.41. The first-order valence-corrected chi connectivity index (χ1v) is 8.06. The van der Waals surface area contributed by atoms with Gasteiger partial charge in [-0.15, -0.1) is 5.10 Å². The van der Waals surface area contributed by atoms with E-state index in [9.17, 15) is 0 Å². The van der Waals surface area contributed by atoms with Crippen molar-refractivity contribution in [3.05, 3.63) is 30.0 Å². The third-order valence-corrected chi connectivity index (χ3v) is 4.42. The lowest BCUT2D eigenvalue weighted by Crippen LogP contribution is -2.47. The molecule has 120 valence electrons. The van der Waals surface area contributed by atoms with Crippen LogP contribution in [-0.4, -0.2) is 62.7 Å². The van der Waals surface area contributed by atoms with Gasteiger partial charge in [-0.05, 0) is 35.5 Å². The summed E-state index contributed by atoms with van der Waals surface area (Å²) in [7, 11) is 0. The van der Waals surface area contributed by atoms with Crippen LogP contribution < -0.4 is 0 Å². The SMILES string of the molecule is CC[C@@H](c1nnnn1Cc1ccco1)N1CCN(CC)CC1. The molecule has 1 fully saturated rings. The molecular weight excluding hydrogens is 280 g/mol. The highest BCUT2D eigenvalue weighted by Gasteiger charge is 2.27. The monoisotopic (exact) mass is 304 g/mol. The molecular formula is C15H24N6O. The zero-order chi connectivity index (χ0) is 15.4. The van der Waals surface area contributed by atoms with Crippen molar-refractivity contribution in [2.75, 3.05) is 32.7 Å². The van der Waals surface area contributed by atoms with E-state index >= 15 is 0 Å². The van der Waals surface area contributed by atoms with Gasteiger partial charge in [0.25, 0.3) is 0 Å². The smallest absolute Gasteiger partial charge is 0.168 e. The van der Waals surface area contributed by atoms with E-state index in [0.29, 0.717) is 6.54 Å². The van der Waals surface area contributed by atoms with Crippen LogP contribution in [0.3, 0.4) is 0 Å². The summed E-state index contributed by atoms with van der Waals surface area (Å²) in [4.78, 5) is 4.98. The molecule has 1 atom stereocenters. The molecule has 0 saturated carbocycles. The molecule has 0 bridgehead atoms. The highest BCUT2D eigenvalue weighted by molar-refractivity contribution is 5.01. The number of rotatable bonds is 6. The van der Waals surface area contributed by atoms with Gasteiger partial charge in [-0.2, -0.15) is 0 Å². The van der Waals surface area contributed by atoms with E-state index in [-0.39, 0.29) is 6.04 Å². The molecule has 0 amide bonds. The lowest BCUT2D eigenvalue weighted by atomic mass is 10.1. The molecule has 3 rings (SSSR count). The molecule has 0 unspecified atom stereocenters. The zero-order valence-corrected chi connectivity index (χ0v) is 13.4. The van der Waals surface area contributed by atoms with Crippen LogP contribution in [0.1, 0.15) is 37.9 Å². The minimum absolute atomic E-state index is 0.268. The predicted octanol–water partition coefficient (Wildman–Crippen LogP) is 1.40. The second-order valence-corrected chi connectivity index (χ2v) is 5.67. The van der Waals surface area contributed by atoms with Gasteiger partial charge in [0.2, 0.25) is 0 Å². The quantitative estimate of drug-likeness (QED) is 0.804. The largest absolute Gasteiger partial charge is 0.467 e. The molecule has 1 aliphatic rings. The van der Waals surface area contributed by atoms with E-state index in [1.807, 2.05) is 16.8 Å². The Bertz CT molecular complexity index is 558. The summed E-state index contributed by atoms with van der Waals surface area (Å²) in [6.07, 6.45) is 2.69. The first kappa shape index (κ1) is 15.2. The number of likely N-dealkylation sites (N-methyl/N-ethyl adjacent to an activating group) is 1. The molecule has 2 aromatic heterocycles. The topological polar surface area (TPSA) is 63.2 Å². The summed E-state index contributed by atoms with van der Waals surface area (Å²) in [5.74, 6) is 1.81. The number of nitrogens with zero attached hydrogens (tertiary/aromatic N) is 6. The Morgan fingerprint density at radius 3 is 2.68 bits per heavy atom. The van der Waals surface area contributed by atoms with E-state index in [1.54, 1.807) is 6.26 Å². The van der Waals surface area contributed by atoms with Crippen molar-refractivity contribution in [3.8, 4) is 0 Å². The fourth-order valence-electron chi connectivity index (χ4n) is 3.11. The summed E-state index contributed by atoms with van der Waals surface area (Å²) in [6.45, 7) is 10.5. The van der Waals surface area contributed by atoms with E-state index < -0.39 is 0 Å². The third kappa shape index (κ3) is 3.20. The maximum atomic E-state index is 5.41. The number of hydrogen-bond donors (Lipinski definition) is 0. The molecule has 1 aliphatic heterocycles. The van der Waals surface area contributed by atoms with Crippen molar-refractivity contribution in [3.63, 3.8) is 0 Å². The molecule has 1 saturated heterocycles. The maximum Gasteiger partial charge on any atom is 0.168 e. The van der Waals surface area contributed by atoms with Crippen LogP contribution in [0.15, 0.2) is 22.8 Å². The minimum Gasteiger partial charge on any atom is -0.467 e. The molecule has 3 heterocycles. The van der Waals surface area contributed by atoms with Crippen LogP contribution in [0, 0.1) is 0 Å². The van der Waals surface area contributed by atoms with Gasteiger partial charge in [-0.25, -0.2) is 4.68 Å². The Hall–Kier alpha value is -1.73. The molecule has 7 heteroatoms. The average Bonchev–Trinajstić information content (AvgIpc) is 3.22. The minimum atomic E-state index is 0.268. The summed E-state index contributed by atoms with van der Waals surface area (Å²) >= 11 is 0. The first-order chi connectivity index (χ1) is 10.8. The van der Waals surface area contributed by atoms with Gasteiger partial charge in [-0.3, -0.25) is 4.90 Å². The van der Waals surface area contributed by atoms with Crippen LogP contribution in [0.25, 0.3) is 0 Å². The predicted molar refractivity (Wildman–Crippen MR) is 82.3 cm³/mol. The fourth-order valence-corrected chi connectivity index (χ4v) is 3.11. The van der Waals surface area contributed by atoms with Crippen molar-refractivity contribution >= 4 is 0 Å². The first-order valence-electron chi connectivity index (χ1n) is 8.06. The summed E-state index contributed by atoms with van der Waals surface area (Å²) in [6, 6.07) is 4.11. The van der Waals surface area contributed by atoms with Crippen LogP contribution in [0.4, 0.5) is 0 Å². The van der Waals surface area contributed by atoms with E-state index in [0.717, 1.165) is 50.7 Å². The van der Waals surface area contributed by atoms with E-state index in [4.69, 9.17) is 4.42 Å². The van der Waals surface area contributed by atoms with E-state index in [1.165, 1.54) is 0 Å². The number of hydrogen-bond acceptors (Lipinski definition) is 6. The second kappa shape index (κ2) is 7.02. The van der Waals surface area contributed by atoms with Crippen molar-refractivity contribution in [1.29, 1.82) is 0 Å². The lowest BCUT2D eigenvalue weighted by molar-refractivity contribution is 0.0913. The molecule has 2 aromatic rings. The highest BCUT2D eigenvalue weighted by atomic mass is 16.3. The van der Waals surface area contributed by atoms with E-state index in [2.05, 4.69) is 39.2 Å². The Kier molecular flexibility index (Phi) is 4.84. The summed E-state index contributed by atoms with van der Waals surface area (Å²) < 4.78 is 7.27. The molecule has 0 N–H and O–H groups in total. The third-order valence-electron chi connectivity index (χ3n) is 4.42. The number of piperazine rings is 1. The van der Waals surface area contributed by atoms with Gasteiger partial charge in [0.1, 0.15) is 12.3 Å². The standard InChI is InChI=1S/C15H24N6O/c1-3-14(20-9-7-19(4-2)8-10-20)15-16-17-18-21(15)12-13-6-5-11-22-13/h5-6,11,14H,3-4,7-10,12H2,1-2H3/t14-/m0/s1. The molecule has 22 heavy (non-hydrogen) atoms. The Labute approximate surface area is 130 Å². The van der Waals surface area contributed by atoms with Crippen molar-refractivity contribution < 1.29 is 4.42 Å². The molecule has 0 radical (unpaired) electrons. The van der Waals surface area contributed by atoms with Gasteiger partial charge >= 0.3 is 0 Å². The van der Waals surface area contributed by atoms with Crippen LogP contribution in [-0.2, 0) is 6.54 Å². The fraction of sp³-hybridized carbons (Fsp3) is 0.667. The van der Waals surface area contributed by atoms with Crippen molar-refractivity contribution in [2.24, 2.45) is 0 Å². The normalized spacial score (nSPS) is 18.6. The van der Waals surface area contributed by atoms with Gasteiger partial charge in [-0.1, -0.05) is 13.8 Å². The van der Waals surface area contributed by atoms with Gasteiger partial charge in [0.05, 0.1) is 12.3 Å². The Morgan fingerprint density at radius 1 is 1.23 bits per heavy atom. The Balaban J connectivity index is 1.72. The van der Waals surface area contributed by atoms with Gasteiger partial charge in [0, 0.05) is 26.2 Å². The second-order valence-electron chi connectivity index (χ2n) is 5.67. The number of aromatic nitrogens is 4. The van der Waals surface area contributed by atoms with Gasteiger partial charge in [0.15, 0.2) is 5.82 Å². The molecule has 0 spiro atoms. The summed E-state index contributed by atoms with van der Waals surface area (Å²) in [5.41, 5.74) is 0. The molecule has 7 nitrogen and oxygen atoms in total. The van der Waals surface area contributed by atoms with Crippen LogP contribution in [0.2, 0.25) is 0 Å².